The zero-order valence-corrected chi connectivity index (χ0v) is 14.0. The van der Waals surface area contributed by atoms with Crippen LogP contribution in [0.1, 0.15) is 45.4 Å². The van der Waals surface area contributed by atoms with Crippen LogP contribution >= 0.6 is 11.3 Å². The smallest absolute Gasteiger partial charge is 0.245 e. The quantitative estimate of drug-likeness (QED) is 0.909. The molecule has 2 unspecified atom stereocenters. The van der Waals surface area contributed by atoms with E-state index in [1.165, 1.54) is 4.88 Å². The molecule has 2 atom stereocenters. The highest BCUT2D eigenvalue weighted by Gasteiger charge is 2.41. The molecular formula is C16H24N2O2S. The minimum Gasteiger partial charge on any atom is -0.343 e. The first-order chi connectivity index (χ1) is 9.90. The van der Waals surface area contributed by atoms with Crippen LogP contribution in [0.25, 0.3) is 0 Å². The van der Waals surface area contributed by atoms with E-state index in [9.17, 15) is 9.59 Å². The fraction of sp³-hybridized carbons (Fsp3) is 0.625. The van der Waals surface area contributed by atoms with Gasteiger partial charge in [-0.25, -0.2) is 0 Å². The van der Waals surface area contributed by atoms with E-state index >= 15 is 0 Å². The zero-order chi connectivity index (χ0) is 15.6. The highest BCUT2D eigenvalue weighted by atomic mass is 32.1. The lowest BCUT2D eigenvalue weighted by molar-refractivity contribution is -0.150. The molecule has 1 N–H and O–H groups in total. The number of nitrogens with zero attached hydrogens (tertiary/aromatic N) is 1. The molecule has 1 saturated heterocycles. The van der Waals surface area contributed by atoms with Gasteiger partial charge in [-0.1, -0.05) is 33.8 Å². The van der Waals surface area contributed by atoms with Crippen LogP contribution < -0.4 is 5.32 Å². The third kappa shape index (κ3) is 3.12. The average molecular weight is 308 g/mol. The molecule has 0 radical (unpaired) electrons. The molecule has 2 heterocycles. The Labute approximate surface area is 130 Å². The topological polar surface area (TPSA) is 49.4 Å². The third-order valence-electron chi connectivity index (χ3n) is 4.13. The molecule has 0 spiro atoms. The van der Waals surface area contributed by atoms with E-state index in [2.05, 4.69) is 25.2 Å². The summed E-state index contributed by atoms with van der Waals surface area (Å²) >= 11 is 1.70. The summed E-state index contributed by atoms with van der Waals surface area (Å²) in [7, 11) is 0. The molecule has 4 nitrogen and oxygen atoms in total. The molecule has 1 aromatic rings. The maximum atomic E-state index is 12.6. The Hall–Kier alpha value is -1.36. The van der Waals surface area contributed by atoms with E-state index in [1.807, 2.05) is 25.3 Å². The Balaban J connectivity index is 2.25. The Kier molecular flexibility index (Phi) is 4.71. The maximum Gasteiger partial charge on any atom is 0.245 e. The predicted octanol–water partition coefficient (Wildman–Crippen LogP) is 2.54. The van der Waals surface area contributed by atoms with Gasteiger partial charge in [-0.15, -0.1) is 11.3 Å². The summed E-state index contributed by atoms with van der Waals surface area (Å²) in [6.07, 6.45) is 1.28. The first-order valence-corrected chi connectivity index (χ1v) is 8.43. The first kappa shape index (κ1) is 16.0. The van der Waals surface area contributed by atoms with Crippen molar-refractivity contribution in [1.29, 1.82) is 0 Å². The molecule has 0 aliphatic carbocycles. The second kappa shape index (κ2) is 6.18. The molecule has 0 bridgehead atoms. The van der Waals surface area contributed by atoms with E-state index in [0.717, 1.165) is 0 Å². The standard InChI is InChI=1S/C16H24N2O2S/c1-5-11-15(20)18(12(6-2)14(19)17-11)10-16(3,4)13-8-7-9-21-13/h7-9,11-12H,5-6,10H2,1-4H3,(H,17,19). The number of hydrogen-bond donors (Lipinski definition) is 1. The van der Waals surface area contributed by atoms with Gasteiger partial charge in [0.15, 0.2) is 0 Å². The number of amides is 2. The van der Waals surface area contributed by atoms with Crippen molar-refractivity contribution >= 4 is 23.2 Å². The normalized spacial score (nSPS) is 23.3. The molecule has 0 saturated carbocycles. The molecule has 1 aliphatic rings. The Morgan fingerprint density at radius 3 is 2.52 bits per heavy atom. The summed E-state index contributed by atoms with van der Waals surface area (Å²) < 4.78 is 0. The molecule has 21 heavy (non-hydrogen) atoms. The zero-order valence-electron chi connectivity index (χ0n) is 13.2. The number of rotatable bonds is 5. The van der Waals surface area contributed by atoms with Gasteiger partial charge in [-0.05, 0) is 24.3 Å². The number of piperazine rings is 1. The maximum absolute atomic E-state index is 12.6. The minimum atomic E-state index is -0.376. The lowest BCUT2D eigenvalue weighted by Crippen LogP contribution is -2.64. The molecular weight excluding hydrogens is 284 g/mol. The van der Waals surface area contributed by atoms with Gasteiger partial charge in [0.25, 0.3) is 0 Å². The van der Waals surface area contributed by atoms with Gasteiger partial charge in [-0.2, -0.15) is 0 Å². The Morgan fingerprint density at radius 1 is 1.29 bits per heavy atom. The van der Waals surface area contributed by atoms with Crippen LogP contribution in [0, 0.1) is 0 Å². The summed E-state index contributed by atoms with van der Waals surface area (Å²) in [5, 5.41) is 4.89. The van der Waals surface area contributed by atoms with Crippen molar-refractivity contribution < 1.29 is 9.59 Å². The van der Waals surface area contributed by atoms with Crippen molar-refractivity contribution in [2.24, 2.45) is 0 Å². The average Bonchev–Trinajstić information content (AvgIpc) is 2.97. The highest BCUT2D eigenvalue weighted by Crippen LogP contribution is 2.30. The van der Waals surface area contributed by atoms with Gasteiger partial charge in [-0.3, -0.25) is 9.59 Å². The lowest BCUT2D eigenvalue weighted by Gasteiger charge is -2.42. The molecule has 2 amide bonds. The van der Waals surface area contributed by atoms with Crippen molar-refractivity contribution in [2.45, 2.75) is 58.0 Å². The molecule has 0 aromatic carbocycles. The van der Waals surface area contributed by atoms with Crippen LogP contribution in [-0.4, -0.2) is 35.3 Å². The third-order valence-corrected chi connectivity index (χ3v) is 5.36. The van der Waals surface area contributed by atoms with E-state index < -0.39 is 0 Å². The van der Waals surface area contributed by atoms with Crippen LogP contribution in [0.4, 0.5) is 0 Å². The number of thiophene rings is 1. The van der Waals surface area contributed by atoms with E-state index in [1.54, 1.807) is 16.2 Å². The number of nitrogens with one attached hydrogen (secondary N) is 1. The second-order valence-corrected chi connectivity index (χ2v) is 7.17. The van der Waals surface area contributed by atoms with Gasteiger partial charge < -0.3 is 10.2 Å². The van der Waals surface area contributed by atoms with E-state index in [-0.39, 0.29) is 29.3 Å². The number of carbonyl (C=O) groups is 2. The number of carbonyl (C=O) groups excluding carboxylic acids is 2. The summed E-state index contributed by atoms with van der Waals surface area (Å²) in [5.41, 5.74) is -0.146. The molecule has 1 aromatic heterocycles. The van der Waals surface area contributed by atoms with Gasteiger partial charge in [0.05, 0.1) is 0 Å². The van der Waals surface area contributed by atoms with Crippen LogP contribution in [0.15, 0.2) is 17.5 Å². The fourth-order valence-corrected chi connectivity index (χ4v) is 3.71. The number of hydrogen-bond acceptors (Lipinski definition) is 3. The predicted molar refractivity (Wildman–Crippen MR) is 85.4 cm³/mol. The summed E-state index contributed by atoms with van der Waals surface area (Å²) in [6.45, 7) is 8.72. The SMILES string of the molecule is CCC1NC(=O)C(CC)N(CC(C)(C)c2cccs2)C1=O. The van der Waals surface area contributed by atoms with E-state index in [4.69, 9.17) is 0 Å². The van der Waals surface area contributed by atoms with Crippen molar-refractivity contribution in [3.8, 4) is 0 Å². The molecule has 2 rings (SSSR count). The first-order valence-electron chi connectivity index (χ1n) is 7.55. The lowest BCUT2D eigenvalue weighted by atomic mass is 9.88. The van der Waals surface area contributed by atoms with Crippen molar-refractivity contribution in [3.63, 3.8) is 0 Å². The summed E-state index contributed by atoms with van der Waals surface area (Å²) in [4.78, 5) is 27.9. The summed E-state index contributed by atoms with van der Waals surface area (Å²) in [6, 6.07) is 3.40. The Morgan fingerprint density at radius 2 is 2.00 bits per heavy atom. The minimum absolute atomic E-state index is 0.0223. The van der Waals surface area contributed by atoms with Crippen molar-refractivity contribution in [3.05, 3.63) is 22.4 Å². The van der Waals surface area contributed by atoms with Gasteiger partial charge in [0.2, 0.25) is 11.8 Å². The van der Waals surface area contributed by atoms with Crippen LogP contribution in [0.5, 0.6) is 0 Å². The van der Waals surface area contributed by atoms with Crippen LogP contribution in [0.3, 0.4) is 0 Å². The second-order valence-electron chi connectivity index (χ2n) is 6.22. The van der Waals surface area contributed by atoms with Crippen molar-refractivity contribution in [1.82, 2.24) is 10.2 Å². The largest absolute Gasteiger partial charge is 0.343 e. The molecule has 116 valence electrons. The summed E-state index contributed by atoms with van der Waals surface area (Å²) in [5.74, 6) is 0.0273. The van der Waals surface area contributed by atoms with Crippen molar-refractivity contribution in [2.75, 3.05) is 6.54 Å². The van der Waals surface area contributed by atoms with Gasteiger partial charge in [0.1, 0.15) is 12.1 Å². The highest BCUT2D eigenvalue weighted by molar-refractivity contribution is 7.10. The molecule has 1 fully saturated rings. The fourth-order valence-electron chi connectivity index (χ4n) is 2.86. The molecule has 1 aliphatic heterocycles. The van der Waals surface area contributed by atoms with Gasteiger partial charge in [0, 0.05) is 16.8 Å². The Bertz CT molecular complexity index is 510. The monoisotopic (exact) mass is 308 g/mol. The van der Waals surface area contributed by atoms with Crippen LogP contribution in [0.2, 0.25) is 0 Å². The van der Waals surface area contributed by atoms with Crippen LogP contribution in [-0.2, 0) is 15.0 Å². The van der Waals surface area contributed by atoms with Gasteiger partial charge >= 0.3 is 0 Å². The molecule has 5 heteroatoms. The van der Waals surface area contributed by atoms with E-state index in [0.29, 0.717) is 19.4 Å².